The molecule has 0 unspecified atom stereocenters. The number of phenols is 1. The van der Waals surface area contributed by atoms with E-state index in [0.29, 0.717) is 10.9 Å². The van der Waals surface area contributed by atoms with Crippen LogP contribution in [0, 0.1) is 0 Å². The summed E-state index contributed by atoms with van der Waals surface area (Å²) in [5, 5.41) is 9.85. The van der Waals surface area contributed by atoms with Crippen LogP contribution in [0.2, 0.25) is 5.02 Å². The predicted molar refractivity (Wildman–Crippen MR) is 62.9 cm³/mol. The van der Waals surface area contributed by atoms with Crippen LogP contribution in [-0.2, 0) is 0 Å². The molecule has 0 saturated heterocycles. The lowest BCUT2D eigenvalue weighted by atomic mass is 10.1. The molecule has 2 aromatic rings. The molecule has 1 N–H and O–H groups in total. The molecule has 4 heteroatoms. The average molecular weight is 236 g/mol. The Labute approximate surface area is 98.3 Å². The van der Waals surface area contributed by atoms with E-state index in [-0.39, 0.29) is 5.75 Å². The van der Waals surface area contributed by atoms with E-state index in [2.05, 4.69) is 4.98 Å². The number of aromatic nitrogens is 1. The second kappa shape index (κ2) is 4.41. The topological polar surface area (TPSA) is 42.4 Å². The Balaban J connectivity index is 2.46. The van der Waals surface area contributed by atoms with Crippen molar-refractivity contribution in [2.45, 2.75) is 0 Å². The number of nitrogens with zero attached hydrogens (tertiary/aromatic N) is 1. The molecule has 0 aliphatic heterocycles. The number of halogens is 1. The van der Waals surface area contributed by atoms with Gasteiger partial charge in [-0.1, -0.05) is 17.7 Å². The summed E-state index contributed by atoms with van der Waals surface area (Å²) in [5.41, 5.74) is 1.78. The number of methoxy groups -OCH3 is 1. The number of benzene rings is 1. The summed E-state index contributed by atoms with van der Waals surface area (Å²) in [6, 6.07) is 8.72. The van der Waals surface area contributed by atoms with E-state index in [4.69, 9.17) is 16.3 Å². The molecule has 0 bridgehead atoms. The van der Waals surface area contributed by atoms with Crippen molar-refractivity contribution >= 4 is 11.6 Å². The number of aromatic hydroxyl groups is 1. The Kier molecular flexibility index (Phi) is 2.97. The van der Waals surface area contributed by atoms with E-state index in [1.807, 2.05) is 12.1 Å². The first-order valence-corrected chi connectivity index (χ1v) is 5.07. The van der Waals surface area contributed by atoms with Gasteiger partial charge in [0.1, 0.15) is 5.75 Å². The first kappa shape index (κ1) is 10.8. The first-order valence-electron chi connectivity index (χ1n) is 4.69. The molecule has 2 rings (SSSR count). The Bertz CT molecular complexity index is 514. The number of pyridine rings is 1. The molecular weight excluding hydrogens is 226 g/mol. The summed E-state index contributed by atoms with van der Waals surface area (Å²) < 4.78 is 5.03. The normalized spacial score (nSPS) is 10.1. The Morgan fingerprint density at radius 2 is 1.94 bits per heavy atom. The van der Waals surface area contributed by atoms with Gasteiger partial charge in [-0.3, -0.25) is 0 Å². The Hall–Kier alpha value is -1.74. The van der Waals surface area contributed by atoms with Gasteiger partial charge in [0.15, 0.2) is 0 Å². The maximum atomic E-state index is 9.51. The van der Waals surface area contributed by atoms with Gasteiger partial charge in [0, 0.05) is 12.3 Å². The highest BCUT2D eigenvalue weighted by Crippen LogP contribution is 2.30. The van der Waals surface area contributed by atoms with Crippen molar-refractivity contribution in [3.63, 3.8) is 0 Å². The molecule has 16 heavy (non-hydrogen) atoms. The van der Waals surface area contributed by atoms with Gasteiger partial charge in [-0.25, -0.2) is 4.98 Å². The third-order valence-electron chi connectivity index (χ3n) is 2.22. The standard InChI is InChI=1S/C12H10ClNO2/c1-16-12-7-9(4-5-14-12)8-2-3-10(13)11(15)6-8/h2-7,15H,1H3. The van der Waals surface area contributed by atoms with Crippen molar-refractivity contribution in [2.75, 3.05) is 7.11 Å². The maximum Gasteiger partial charge on any atom is 0.213 e. The molecule has 82 valence electrons. The van der Waals surface area contributed by atoms with Crippen LogP contribution in [0.25, 0.3) is 11.1 Å². The van der Waals surface area contributed by atoms with Crippen LogP contribution in [0.15, 0.2) is 36.5 Å². The van der Waals surface area contributed by atoms with E-state index in [9.17, 15) is 5.11 Å². The molecule has 0 saturated carbocycles. The summed E-state index contributed by atoms with van der Waals surface area (Å²) in [5.74, 6) is 0.599. The molecule has 0 aliphatic rings. The number of phenolic OH excluding ortho intramolecular Hbond substituents is 1. The highest BCUT2D eigenvalue weighted by atomic mass is 35.5. The summed E-state index contributed by atoms with van der Waals surface area (Å²) >= 11 is 5.74. The van der Waals surface area contributed by atoms with E-state index >= 15 is 0 Å². The van der Waals surface area contributed by atoms with Crippen molar-refractivity contribution in [1.82, 2.24) is 4.98 Å². The van der Waals surface area contributed by atoms with E-state index in [1.54, 1.807) is 31.5 Å². The zero-order valence-corrected chi connectivity index (χ0v) is 9.40. The molecule has 0 aliphatic carbocycles. The van der Waals surface area contributed by atoms with E-state index < -0.39 is 0 Å². The second-order valence-electron chi connectivity index (χ2n) is 3.25. The molecule has 0 spiro atoms. The van der Waals surface area contributed by atoms with Crippen molar-refractivity contribution in [3.8, 4) is 22.8 Å². The molecule has 0 fully saturated rings. The molecule has 1 aromatic heterocycles. The largest absolute Gasteiger partial charge is 0.506 e. The molecule has 0 radical (unpaired) electrons. The molecule has 3 nitrogen and oxygen atoms in total. The zero-order chi connectivity index (χ0) is 11.5. The number of rotatable bonds is 2. The molecule has 1 aromatic carbocycles. The lowest BCUT2D eigenvalue weighted by molar-refractivity contribution is 0.398. The number of hydrogen-bond donors (Lipinski definition) is 1. The van der Waals surface area contributed by atoms with Gasteiger partial charge in [-0.2, -0.15) is 0 Å². The van der Waals surface area contributed by atoms with Gasteiger partial charge in [-0.05, 0) is 29.3 Å². The van der Waals surface area contributed by atoms with Crippen LogP contribution < -0.4 is 4.74 Å². The van der Waals surface area contributed by atoms with Gasteiger partial charge >= 0.3 is 0 Å². The summed E-state index contributed by atoms with van der Waals surface area (Å²) in [6.07, 6.45) is 1.65. The predicted octanol–water partition coefficient (Wildman–Crippen LogP) is 3.12. The van der Waals surface area contributed by atoms with Gasteiger partial charge in [0.05, 0.1) is 12.1 Å². The third kappa shape index (κ3) is 2.09. The highest BCUT2D eigenvalue weighted by molar-refractivity contribution is 6.32. The first-order chi connectivity index (χ1) is 7.70. The summed E-state index contributed by atoms with van der Waals surface area (Å²) in [7, 11) is 1.56. The summed E-state index contributed by atoms with van der Waals surface area (Å²) in [6.45, 7) is 0. The quantitative estimate of drug-likeness (QED) is 0.870. The minimum atomic E-state index is 0.0648. The fourth-order valence-electron chi connectivity index (χ4n) is 1.39. The monoisotopic (exact) mass is 235 g/mol. The smallest absolute Gasteiger partial charge is 0.213 e. The van der Waals surface area contributed by atoms with Crippen LogP contribution in [-0.4, -0.2) is 17.2 Å². The number of hydrogen-bond acceptors (Lipinski definition) is 3. The molecule has 1 heterocycles. The molecule has 0 amide bonds. The van der Waals surface area contributed by atoms with Crippen LogP contribution in [0.3, 0.4) is 0 Å². The summed E-state index contributed by atoms with van der Waals surface area (Å²) in [4.78, 5) is 4.01. The van der Waals surface area contributed by atoms with E-state index in [0.717, 1.165) is 11.1 Å². The fraction of sp³-hybridized carbons (Fsp3) is 0.0833. The maximum absolute atomic E-state index is 9.51. The minimum absolute atomic E-state index is 0.0648. The molecule has 0 atom stereocenters. The lowest BCUT2D eigenvalue weighted by Crippen LogP contribution is -1.87. The SMILES string of the molecule is COc1cc(-c2ccc(Cl)c(O)c2)ccn1. The van der Waals surface area contributed by atoms with Gasteiger partial charge in [0.25, 0.3) is 0 Å². The van der Waals surface area contributed by atoms with Crippen molar-refractivity contribution < 1.29 is 9.84 Å². The van der Waals surface area contributed by atoms with Gasteiger partial charge in [-0.15, -0.1) is 0 Å². The lowest BCUT2D eigenvalue weighted by Gasteiger charge is -2.05. The van der Waals surface area contributed by atoms with Crippen molar-refractivity contribution in [1.29, 1.82) is 0 Å². The average Bonchev–Trinajstić information content (AvgIpc) is 2.33. The van der Waals surface area contributed by atoms with Crippen molar-refractivity contribution in [3.05, 3.63) is 41.6 Å². The minimum Gasteiger partial charge on any atom is -0.506 e. The van der Waals surface area contributed by atoms with Crippen LogP contribution >= 0.6 is 11.6 Å². The van der Waals surface area contributed by atoms with Crippen molar-refractivity contribution in [2.24, 2.45) is 0 Å². The van der Waals surface area contributed by atoms with Crippen LogP contribution in [0.4, 0.5) is 0 Å². The zero-order valence-electron chi connectivity index (χ0n) is 8.64. The van der Waals surface area contributed by atoms with Gasteiger partial charge < -0.3 is 9.84 Å². The third-order valence-corrected chi connectivity index (χ3v) is 2.54. The van der Waals surface area contributed by atoms with Crippen LogP contribution in [0.5, 0.6) is 11.6 Å². The van der Waals surface area contributed by atoms with Crippen LogP contribution in [0.1, 0.15) is 0 Å². The molecular formula is C12H10ClNO2. The Morgan fingerprint density at radius 1 is 1.19 bits per heavy atom. The fourth-order valence-corrected chi connectivity index (χ4v) is 1.51. The highest BCUT2D eigenvalue weighted by Gasteiger charge is 2.03. The second-order valence-corrected chi connectivity index (χ2v) is 3.66. The number of ether oxygens (including phenoxy) is 1. The van der Waals surface area contributed by atoms with E-state index in [1.165, 1.54) is 0 Å². The Morgan fingerprint density at radius 3 is 2.62 bits per heavy atom. The van der Waals surface area contributed by atoms with Gasteiger partial charge in [0.2, 0.25) is 5.88 Å².